The highest BCUT2D eigenvalue weighted by molar-refractivity contribution is 7.19. The van der Waals surface area contributed by atoms with Crippen LogP contribution in [0.3, 0.4) is 0 Å². The summed E-state index contributed by atoms with van der Waals surface area (Å²) in [5.41, 5.74) is -0.699. The molecular formula is C30H46N4O4S. The van der Waals surface area contributed by atoms with Gasteiger partial charge in [-0.05, 0) is 64.0 Å². The molecule has 216 valence electrons. The summed E-state index contributed by atoms with van der Waals surface area (Å²) in [6.45, 7) is 13.6. The van der Waals surface area contributed by atoms with Gasteiger partial charge in [0.25, 0.3) is 0 Å². The molecule has 0 aliphatic carbocycles. The molecule has 39 heavy (non-hydrogen) atoms. The van der Waals surface area contributed by atoms with Crippen molar-refractivity contribution in [3.63, 3.8) is 0 Å². The molecule has 0 bridgehead atoms. The van der Waals surface area contributed by atoms with E-state index in [1.165, 1.54) is 4.70 Å². The monoisotopic (exact) mass is 558 g/mol. The number of esters is 1. The fraction of sp³-hybridized carbons (Fsp3) is 0.567. The second kappa shape index (κ2) is 13.1. The Morgan fingerprint density at radius 1 is 1.05 bits per heavy atom. The summed E-state index contributed by atoms with van der Waals surface area (Å²) in [5, 5.41) is 7.42. The Balaban J connectivity index is 2.36. The molecular weight excluding hydrogens is 512 g/mol. The van der Waals surface area contributed by atoms with Gasteiger partial charge in [0, 0.05) is 27.6 Å². The zero-order valence-electron chi connectivity index (χ0n) is 25.3. The van der Waals surface area contributed by atoms with E-state index in [9.17, 15) is 14.4 Å². The predicted octanol–water partition coefficient (Wildman–Crippen LogP) is 4.15. The Bertz CT molecular complexity index is 1160. The van der Waals surface area contributed by atoms with Crippen molar-refractivity contribution in [1.29, 1.82) is 0 Å². The molecule has 1 unspecified atom stereocenters. The van der Waals surface area contributed by atoms with E-state index < -0.39 is 35.0 Å². The van der Waals surface area contributed by atoms with Crippen molar-refractivity contribution >= 4 is 39.2 Å². The van der Waals surface area contributed by atoms with Crippen LogP contribution in [-0.2, 0) is 24.5 Å². The van der Waals surface area contributed by atoms with E-state index in [-0.39, 0.29) is 18.4 Å². The van der Waals surface area contributed by atoms with Gasteiger partial charge >= 0.3 is 5.97 Å². The first-order valence-electron chi connectivity index (χ1n) is 13.3. The van der Waals surface area contributed by atoms with E-state index >= 15 is 0 Å². The van der Waals surface area contributed by atoms with Crippen LogP contribution in [0, 0.1) is 5.41 Å². The van der Waals surface area contributed by atoms with Gasteiger partial charge in [-0.2, -0.15) is 0 Å². The third-order valence-electron chi connectivity index (χ3n) is 7.00. The fourth-order valence-electron chi connectivity index (χ4n) is 4.61. The van der Waals surface area contributed by atoms with Gasteiger partial charge < -0.3 is 20.3 Å². The number of hydrogen-bond acceptors (Lipinski definition) is 7. The van der Waals surface area contributed by atoms with Crippen molar-refractivity contribution in [2.45, 2.75) is 72.1 Å². The lowest BCUT2D eigenvalue weighted by Crippen LogP contribution is -2.62. The lowest BCUT2D eigenvalue weighted by Gasteiger charge is -2.40. The Morgan fingerprint density at radius 2 is 1.67 bits per heavy atom. The number of thiophene rings is 1. The van der Waals surface area contributed by atoms with E-state index in [4.69, 9.17) is 4.74 Å². The molecule has 0 radical (unpaired) electrons. The maximum absolute atomic E-state index is 13.9. The number of fused-ring (bicyclic) bond motifs is 1. The average molecular weight is 559 g/mol. The van der Waals surface area contributed by atoms with E-state index in [2.05, 4.69) is 28.8 Å². The molecule has 0 fully saturated rings. The summed E-state index contributed by atoms with van der Waals surface area (Å²) in [6, 6.07) is 8.93. The average Bonchev–Trinajstić information content (AvgIpc) is 3.30. The van der Waals surface area contributed by atoms with Gasteiger partial charge in [-0.25, -0.2) is 4.79 Å². The first kappa shape index (κ1) is 32.5. The van der Waals surface area contributed by atoms with E-state index in [0.29, 0.717) is 5.57 Å². The van der Waals surface area contributed by atoms with Crippen molar-refractivity contribution in [3.05, 3.63) is 46.9 Å². The highest BCUT2D eigenvalue weighted by Gasteiger charge is 2.42. The second-order valence-corrected chi connectivity index (χ2v) is 12.9. The van der Waals surface area contributed by atoms with Gasteiger partial charge in [0.1, 0.15) is 12.2 Å². The Morgan fingerprint density at radius 3 is 2.18 bits per heavy atom. The highest BCUT2D eigenvalue weighted by Crippen LogP contribution is 2.37. The van der Waals surface area contributed by atoms with Crippen molar-refractivity contribution < 1.29 is 19.1 Å². The minimum absolute atomic E-state index is 0.249. The van der Waals surface area contributed by atoms with Crippen LogP contribution in [0.2, 0.25) is 0 Å². The van der Waals surface area contributed by atoms with Crippen LogP contribution in [-0.4, -0.2) is 80.6 Å². The SMILES string of the molecule is CCOC(=O)C(C)=C[C@H](N(C)C)N(C)C(=O)[C@@H](NC(=O)C(NC)C(C)(C)c1cc2ccccc2s1)C(C)(C)C. The van der Waals surface area contributed by atoms with Crippen LogP contribution >= 0.6 is 11.3 Å². The molecule has 0 spiro atoms. The first-order valence-corrected chi connectivity index (χ1v) is 14.1. The van der Waals surface area contributed by atoms with Gasteiger partial charge in [-0.3, -0.25) is 14.5 Å². The minimum atomic E-state index is -0.803. The van der Waals surface area contributed by atoms with Gasteiger partial charge in [-0.1, -0.05) is 52.8 Å². The summed E-state index contributed by atoms with van der Waals surface area (Å²) in [4.78, 5) is 44.4. The lowest BCUT2D eigenvalue weighted by molar-refractivity contribution is -0.142. The third-order valence-corrected chi connectivity index (χ3v) is 8.46. The molecule has 1 aromatic carbocycles. The molecule has 1 heterocycles. The van der Waals surface area contributed by atoms with Crippen molar-refractivity contribution in [2.24, 2.45) is 5.41 Å². The molecule has 9 heteroatoms. The quantitative estimate of drug-likeness (QED) is 0.245. The molecule has 0 saturated heterocycles. The molecule has 0 aliphatic rings. The molecule has 2 N–H and O–H groups in total. The number of nitrogens with one attached hydrogen (secondary N) is 2. The number of ether oxygens (including phenoxy) is 1. The Kier molecular flexibility index (Phi) is 10.9. The summed E-state index contributed by atoms with van der Waals surface area (Å²) in [5.74, 6) is -0.926. The van der Waals surface area contributed by atoms with Crippen molar-refractivity contribution in [2.75, 3.05) is 34.8 Å². The standard InChI is InChI=1S/C30H46N4O4S/c1-12-38-28(37)19(2)17-23(33(9)10)34(11)27(36)25(29(3,4)5)32-26(35)24(31-8)30(6,7)22-18-20-15-13-14-16-21(20)39-22/h13-18,23-25,31H,12H2,1-11H3,(H,32,35)/t23-,24?,25-/m1/s1. The second-order valence-electron chi connectivity index (χ2n) is 11.8. The van der Waals surface area contributed by atoms with Gasteiger partial charge in [0.15, 0.2) is 0 Å². The van der Waals surface area contributed by atoms with Crippen LogP contribution in [0.15, 0.2) is 42.0 Å². The lowest BCUT2D eigenvalue weighted by atomic mass is 9.80. The van der Waals surface area contributed by atoms with Crippen LogP contribution in [0.25, 0.3) is 10.1 Å². The minimum Gasteiger partial charge on any atom is -0.463 e. The molecule has 0 aliphatic heterocycles. The number of nitrogens with zero attached hydrogens (tertiary/aromatic N) is 2. The molecule has 0 saturated carbocycles. The highest BCUT2D eigenvalue weighted by atomic mass is 32.1. The van der Waals surface area contributed by atoms with Gasteiger partial charge in [0.05, 0.1) is 12.6 Å². The number of carbonyl (C=O) groups is 3. The molecule has 8 nitrogen and oxygen atoms in total. The predicted molar refractivity (Wildman–Crippen MR) is 160 cm³/mol. The van der Waals surface area contributed by atoms with Crippen LogP contribution in [0.5, 0.6) is 0 Å². The maximum atomic E-state index is 13.9. The number of amides is 2. The van der Waals surface area contributed by atoms with E-state index in [0.717, 1.165) is 10.3 Å². The Labute approximate surface area is 237 Å². The number of carbonyl (C=O) groups excluding carboxylic acids is 3. The molecule has 2 aromatic rings. The largest absolute Gasteiger partial charge is 0.463 e. The van der Waals surface area contributed by atoms with E-state index in [1.54, 1.807) is 50.3 Å². The first-order chi connectivity index (χ1) is 18.1. The molecule has 3 atom stereocenters. The number of likely N-dealkylation sites (N-methyl/N-ethyl adjacent to an activating group) is 3. The zero-order chi connectivity index (χ0) is 29.7. The smallest absolute Gasteiger partial charge is 0.333 e. The molecule has 2 amide bonds. The third kappa shape index (κ3) is 7.68. The summed E-state index contributed by atoms with van der Waals surface area (Å²) >= 11 is 1.67. The normalized spacial score (nSPS) is 15.1. The summed E-state index contributed by atoms with van der Waals surface area (Å²) < 4.78 is 6.28. The summed E-state index contributed by atoms with van der Waals surface area (Å²) in [6.07, 6.45) is 1.19. The van der Waals surface area contributed by atoms with Crippen LogP contribution < -0.4 is 10.6 Å². The molecule has 1 aromatic heterocycles. The van der Waals surface area contributed by atoms with E-state index in [1.807, 2.05) is 65.7 Å². The zero-order valence-corrected chi connectivity index (χ0v) is 26.2. The Hall–Kier alpha value is -2.75. The molecule has 2 rings (SSSR count). The number of rotatable bonds is 11. The number of benzene rings is 1. The van der Waals surface area contributed by atoms with Crippen LogP contribution in [0.1, 0.15) is 53.3 Å². The van der Waals surface area contributed by atoms with Crippen LogP contribution in [0.4, 0.5) is 0 Å². The summed E-state index contributed by atoms with van der Waals surface area (Å²) in [7, 11) is 7.12. The van der Waals surface area contributed by atoms with Crippen molar-refractivity contribution in [3.8, 4) is 0 Å². The van der Waals surface area contributed by atoms with Crippen molar-refractivity contribution in [1.82, 2.24) is 20.4 Å². The topological polar surface area (TPSA) is 91.0 Å². The maximum Gasteiger partial charge on any atom is 0.333 e. The fourth-order valence-corrected chi connectivity index (χ4v) is 5.81. The van der Waals surface area contributed by atoms with Gasteiger partial charge in [-0.15, -0.1) is 11.3 Å². The number of hydrogen-bond donors (Lipinski definition) is 2. The van der Waals surface area contributed by atoms with Gasteiger partial charge in [0.2, 0.25) is 11.8 Å².